The number of alkyl halides is 3. The Kier molecular flexibility index (Phi) is 6.10. The molecule has 0 saturated heterocycles. The maximum Gasteiger partial charge on any atom is 0.416 e. The normalized spacial score (nSPS) is 13.3. The lowest BCUT2D eigenvalue weighted by Crippen LogP contribution is -2.15. The molecule has 7 nitrogen and oxygen atoms in total. The van der Waals surface area contributed by atoms with Crippen LogP contribution in [0.3, 0.4) is 0 Å². The van der Waals surface area contributed by atoms with Crippen molar-refractivity contribution in [3.63, 3.8) is 0 Å². The van der Waals surface area contributed by atoms with E-state index in [2.05, 4.69) is 20.6 Å². The van der Waals surface area contributed by atoms with E-state index in [0.29, 0.717) is 41.4 Å². The van der Waals surface area contributed by atoms with E-state index in [1.165, 1.54) is 24.5 Å². The van der Waals surface area contributed by atoms with Crippen molar-refractivity contribution in [1.82, 2.24) is 9.97 Å². The fourth-order valence-electron chi connectivity index (χ4n) is 3.19. The molecule has 1 aromatic heterocycles. The second kappa shape index (κ2) is 8.99. The average Bonchev–Trinajstić information content (AvgIpc) is 2.99. The van der Waals surface area contributed by atoms with Crippen LogP contribution in [-0.4, -0.2) is 22.4 Å². The van der Waals surface area contributed by atoms with Gasteiger partial charge in [0.1, 0.15) is 29.5 Å². The number of hydrogen-bond acceptors (Lipinski definition) is 6. The van der Waals surface area contributed by atoms with Crippen LogP contribution in [0.15, 0.2) is 54.4 Å². The highest BCUT2D eigenvalue weighted by Crippen LogP contribution is 2.36. The number of carbonyl (C=O) groups is 1. The first kappa shape index (κ1) is 22.4. The summed E-state index contributed by atoms with van der Waals surface area (Å²) in [6.07, 6.45) is -1.04. The topological polar surface area (TPSA) is 102 Å². The van der Waals surface area contributed by atoms with Crippen molar-refractivity contribution in [1.29, 1.82) is 0 Å². The highest BCUT2D eigenvalue weighted by Gasteiger charge is 2.30. The summed E-state index contributed by atoms with van der Waals surface area (Å²) in [5.74, 6) is 0.609. The summed E-state index contributed by atoms with van der Waals surface area (Å²) >= 11 is 6.30. The third kappa shape index (κ3) is 5.17. The zero-order valence-electron chi connectivity index (χ0n) is 16.9. The first-order valence-corrected chi connectivity index (χ1v) is 10.1. The SMILES string of the molecule is NC(=O)C1=Cc2c(ncnc2Nc2ccc(Oc3cccc(C(F)(F)F)c3)c(Cl)c2)NCC1. The summed E-state index contributed by atoms with van der Waals surface area (Å²) < 4.78 is 44.3. The fraction of sp³-hybridized carbons (Fsp3) is 0.136. The van der Waals surface area contributed by atoms with Crippen LogP contribution in [0.5, 0.6) is 11.5 Å². The van der Waals surface area contributed by atoms with Crippen LogP contribution in [0.2, 0.25) is 5.02 Å². The van der Waals surface area contributed by atoms with E-state index >= 15 is 0 Å². The number of halogens is 4. The molecule has 0 radical (unpaired) electrons. The molecule has 2 aromatic carbocycles. The Bertz CT molecular complexity index is 1250. The van der Waals surface area contributed by atoms with Crippen molar-refractivity contribution < 1.29 is 22.7 Å². The molecule has 0 atom stereocenters. The molecule has 11 heteroatoms. The molecule has 0 unspecified atom stereocenters. The number of amides is 1. The van der Waals surface area contributed by atoms with Gasteiger partial charge in [0.05, 0.1) is 16.1 Å². The van der Waals surface area contributed by atoms with Crippen LogP contribution in [0, 0.1) is 0 Å². The van der Waals surface area contributed by atoms with Crippen LogP contribution >= 0.6 is 11.6 Å². The molecule has 0 fully saturated rings. The quantitative estimate of drug-likeness (QED) is 0.458. The lowest BCUT2D eigenvalue weighted by molar-refractivity contribution is -0.137. The summed E-state index contributed by atoms with van der Waals surface area (Å²) in [4.78, 5) is 20.1. The van der Waals surface area contributed by atoms with Gasteiger partial charge in [0.25, 0.3) is 0 Å². The van der Waals surface area contributed by atoms with Gasteiger partial charge >= 0.3 is 6.18 Å². The Hall–Kier alpha value is -3.79. The third-order valence-electron chi connectivity index (χ3n) is 4.79. The van der Waals surface area contributed by atoms with Gasteiger partial charge in [-0.1, -0.05) is 17.7 Å². The highest BCUT2D eigenvalue weighted by molar-refractivity contribution is 6.32. The van der Waals surface area contributed by atoms with Crippen molar-refractivity contribution in [2.75, 3.05) is 17.2 Å². The Morgan fingerprint density at radius 1 is 1.18 bits per heavy atom. The number of nitrogens with two attached hydrogens (primary N) is 1. The van der Waals surface area contributed by atoms with Crippen LogP contribution in [0.4, 0.5) is 30.5 Å². The number of primary amides is 1. The summed E-state index contributed by atoms with van der Waals surface area (Å²) in [6, 6.07) is 9.21. The maximum atomic E-state index is 12.9. The molecule has 2 heterocycles. The Balaban J connectivity index is 1.58. The maximum absolute atomic E-state index is 12.9. The summed E-state index contributed by atoms with van der Waals surface area (Å²) in [6.45, 7) is 0.492. The van der Waals surface area contributed by atoms with Gasteiger partial charge < -0.3 is 21.1 Å². The molecule has 1 aliphatic heterocycles. The summed E-state index contributed by atoms with van der Waals surface area (Å²) in [7, 11) is 0. The van der Waals surface area contributed by atoms with E-state index in [-0.39, 0.29) is 16.5 Å². The lowest BCUT2D eigenvalue weighted by atomic mass is 10.1. The van der Waals surface area contributed by atoms with Crippen molar-refractivity contribution in [2.45, 2.75) is 12.6 Å². The number of benzene rings is 2. The number of rotatable bonds is 5. The summed E-state index contributed by atoms with van der Waals surface area (Å²) in [5.41, 5.74) is 6.15. The predicted molar refractivity (Wildman–Crippen MR) is 119 cm³/mol. The number of nitrogens with zero attached hydrogens (tertiary/aromatic N) is 2. The minimum Gasteiger partial charge on any atom is -0.456 e. The predicted octanol–water partition coefficient (Wildman–Crippen LogP) is 5.37. The lowest BCUT2D eigenvalue weighted by Gasteiger charge is -2.14. The molecule has 0 saturated carbocycles. The molecule has 0 aliphatic carbocycles. The van der Waals surface area contributed by atoms with E-state index in [1.807, 2.05) is 0 Å². The van der Waals surface area contributed by atoms with E-state index in [4.69, 9.17) is 22.1 Å². The van der Waals surface area contributed by atoms with Crippen LogP contribution in [0.25, 0.3) is 6.08 Å². The van der Waals surface area contributed by atoms with Gasteiger partial charge in [-0.15, -0.1) is 0 Å². The average molecular weight is 476 g/mol. The highest BCUT2D eigenvalue weighted by atomic mass is 35.5. The smallest absolute Gasteiger partial charge is 0.416 e. The molecular weight excluding hydrogens is 459 g/mol. The molecule has 33 heavy (non-hydrogen) atoms. The molecule has 170 valence electrons. The van der Waals surface area contributed by atoms with Crippen LogP contribution in [-0.2, 0) is 11.0 Å². The second-order valence-corrected chi connectivity index (χ2v) is 7.50. The van der Waals surface area contributed by atoms with Gasteiger partial charge in [-0.3, -0.25) is 4.79 Å². The van der Waals surface area contributed by atoms with E-state index in [9.17, 15) is 18.0 Å². The zero-order valence-corrected chi connectivity index (χ0v) is 17.7. The largest absolute Gasteiger partial charge is 0.456 e. The number of aromatic nitrogens is 2. The number of fused-ring (bicyclic) bond motifs is 1. The van der Waals surface area contributed by atoms with Crippen LogP contribution < -0.4 is 21.1 Å². The van der Waals surface area contributed by atoms with E-state index in [1.54, 1.807) is 18.2 Å². The van der Waals surface area contributed by atoms with Crippen molar-refractivity contribution in [2.24, 2.45) is 5.73 Å². The molecular formula is C22H17ClF3N5O2. The second-order valence-electron chi connectivity index (χ2n) is 7.09. The Labute approximate surface area is 191 Å². The number of anilines is 3. The minimum atomic E-state index is -4.48. The molecule has 0 spiro atoms. The molecule has 4 N–H and O–H groups in total. The van der Waals surface area contributed by atoms with E-state index in [0.717, 1.165) is 12.1 Å². The number of carbonyl (C=O) groups excluding carboxylic acids is 1. The first-order valence-electron chi connectivity index (χ1n) is 9.71. The molecule has 1 amide bonds. The van der Waals surface area contributed by atoms with Crippen molar-refractivity contribution >= 4 is 40.9 Å². The van der Waals surface area contributed by atoms with Gasteiger partial charge in [0.2, 0.25) is 5.91 Å². The Morgan fingerprint density at radius 3 is 2.73 bits per heavy atom. The number of hydrogen-bond donors (Lipinski definition) is 3. The van der Waals surface area contributed by atoms with Gasteiger partial charge in [-0.2, -0.15) is 13.2 Å². The van der Waals surface area contributed by atoms with E-state index < -0.39 is 17.6 Å². The number of nitrogens with one attached hydrogen (secondary N) is 2. The molecule has 3 aromatic rings. The van der Waals surface area contributed by atoms with Crippen LogP contribution in [0.1, 0.15) is 17.5 Å². The standard InChI is InChI=1S/C22H17ClF3N5O2/c23-17-10-14(4-5-18(17)33-15-3-1-2-13(9-15)22(24,25)26)31-21-16-8-12(19(27)32)6-7-28-20(16)29-11-30-21/h1-5,8-11H,6-7H2,(H2,27,32)(H2,28,29,30,31). The van der Waals surface area contributed by atoms with Crippen molar-refractivity contribution in [3.05, 3.63) is 70.5 Å². The summed E-state index contributed by atoms with van der Waals surface area (Å²) in [5, 5.41) is 6.40. The minimum absolute atomic E-state index is 0.00347. The van der Waals surface area contributed by atoms with Gasteiger partial charge in [-0.25, -0.2) is 9.97 Å². The molecule has 4 rings (SSSR count). The number of ether oxygens (including phenoxy) is 1. The third-order valence-corrected chi connectivity index (χ3v) is 5.08. The van der Waals surface area contributed by atoms with Gasteiger partial charge in [-0.05, 0) is 48.9 Å². The van der Waals surface area contributed by atoms with Gasteiger partial charge in [0, 0.05) is 17.8 Å². The molecule has 0 bridgehead atoms. The van der Waals surface area contributed by atoms with Gasteiger partial charge in [0.15, 0.2) is 0 Å². The fourth-order valence-corrected chi connectivity index (χ4v) is 3.41. The first-order chi connectivity index (χ1) is 15.7. The monoisotopic (exact) mass is 475 g/mol. The Morgan fingerprint density at radius 2 is 2.00 bits per heavy atom. The zero-order chi connectivity index (χ0) is 23.6. The van der Waals surface area contributed by atoms with Crippen molar-refractivity contribution in [3.8, 4) is 11.5 Å². The molecule has 1 aliphatic rings.